The minimum absolute atomic E-state index is 0.0272. The Kier molecular flexibility index (Phi) is 3.87. The Morgan fingerprint density at radius 2 is 2.21 bits per heavy atom. The van der Waals surface area contributed by atoms with Crippen LogP contribution in [0.25, 0.3) is 11.1 Å². The Morgan fingerprint density at radius 1 is 1.36 bits per heavy atom. The summed E-state index contributed by atoms with van der Waals surface area (Å²) in [5, 5.41) is 12.7. The molecule has 2 fully saturated rings. The van der Waals surface area contributed by atoms with Gasteiger partial charge in [0.25, 0.3) is 5.91 Å². The zero-order valence-electron chi connectivity index (χ0n) is 15.5. The minimum Gasteiger partial charge on any atom is -0.369 e. The summed E-state index contributed by atoms with van der Waals surface area (Å²) in [5.41, 5.74) is 2.42. The van der Waals surface area contributed by atoms with Crippen molar-refractivity contribution in [1.82, 2.24) is 9.88 Å². The standard InChI is InChI=1S/C22H21FN4O/c23-19-16(14-10-18-20(25-12-14)26-13-22(18)7-8-22)5-3-6-17(19)21(28)27-9-2-1-4-15(27)11-24/h3,5-6,10,12,15H,1-2,4,7-9,13H2,(H,25,26)/t15-/m1/s1. The van der Waals surface area contributed by atoms with Crippen LogP contribution in [0.5, 0.6) is 0 Å². The van der Waals surface area contributed by atoms with Gasteiger partial charge in [-0.2, -0.15) is 5.26 Å². The van der Waals surface area contributed by atoms with E-state index in [0.717, 1.165) is 43.6 Å². The fourth-order valence-electron chi connectivity index (χ4n) is 4.49. The number of carbonyl (C=O) groups is 1. The second kappa shape index (κ2) is 6.30. The number of hydrogen-bond acceptors (Lipinski definition) is 4. The van der Waals surface area contributed by atoms with E-state index in [4.69, 9.17) is 0 Å². The molecule has 1 saturated carbocycles. The average molecular weight is 376 g/mol. The minimum atomic E-state index is -0.535. The van der Waals surface area contributed by atoms with E-state index >= 15 is 4.39 Å². The number of nitrogens with zero attached hydrogens (tertiary/aromatic N) is 3. The highest BCUT2D eigenvalue weighted by molar-refractivity contribution is 5.96. The number of halogens is 1. The van der Waals surface area contributed by atoms with Gasteiger partial charge in [-0.3, -0.25) is 4.79 Å². The molecule has 142 valence electrons. The molecule has 1 spiro atoms. The van der Waals surface area contributed by atoms with Gasteiger partial charge >= 0.3 is 0 Å². The summed E-state index contributed by atoms with van der Waals surface area (Å²) in [6.45, 7) is 1.39. The number of pyridine rings is 1. The molecule has 1 saturated heterocycles. The van der Waals surface area contributed by atoms with E-state index in [1.54, 1.807) is 18.3 Å². The number of benzene rings is 1. The molecule has 1 amide bonds. The van der Waals surface area contributed by atoms with Crippen molar-refractivity contribution in [3.8, 4) is 17.2 Å². The Bertz CT molecular complexity index is 1010. The maximum Gasteiger partial charge on any atom is 0.257 e. The van der Waals surface area contributed by atoms with Crippen LogP contribution in [-0.2, 0) is 5.41 Å². The molecule has 3 heterocycles. The summed E-state index contributed by atoms with van der Waals surface area (Å²) in [7, 11) is 0. The lowest BCUT2D eigenvalue weighted by atomic mass is 9.95. The van der Waals surface area contributed by atoms with Crippen LogP contribution < -0.4 is 5.32 Å². The highest BCUT2D eigenvalue weighted by atomic mass is 19.1. The van der Waals surface area contributed by atoms with Gasteiger partial charge in [-0.25, -0.2) is 9.37 Å². The smallest absolute Gasteiger partial charge is 0.257 e. The van der Waals surface area contributed by atoms with Crippen LogP contribution in [0.2, 0.25) is 0 Å². The second-order valence-electron chi connectivity index (χ2n) is 8.06. The molecule has 28 heavy (non-hydrogen) atoms. The summed E-state index contributed by atoms with van der Waals surface area (Å²) in [4.78, 5) is 19.0. The number of nitrogens with one attached hydrogen (secondary N) is 1. The summed E-state index contributed by atoms with van der Waals surface area (Å²) < 4.78 is 15.4. The van der Waals surface area contributed by atoms with E-state index in [9.17, 15) is 10.1 Å². The molecule has 5 rings (SSSR count). The second-order valence-corrected chi connectivity index (χ2v) is 8.06. The van der Waals surface area contributed by atoms with E-state index < -0.39 is 17.8 Å². The normalized spacial score (nSPS) is 21.7. The van der Waals surface area contributed by atoms with Gasteiger partial charge in [0.1, 0.15) is 17.7 Å². The highest BCUT2D eigenvalue weighted by Gasteiger charge is 2.49. The summed E-state index contributed by atoms with van der Waals surface area (Å²) in [6.07, 6.45) is 6.33. The van der Waals surface area contributed by atoms with Crippen LogP contribution in [0.3, 0.4) is 0 Å². The topological polar surface area (TPSA) is 69.0 Å². The Morgan fingerprint density at radius 3 is 3.00 bits per heavy atom. The number of carbonyl (C=O) groups excluding carboxylic acids is 1. The largest absolute Gasteiger partial charge is 0.369 e. The molecular weight excluding hydrogens is 355 g/mol. The SMILES string of the molecule is N#C[C@H]1CCCCN1C(=O)c1cccc(-c2cnc3c(c2)C2(CC2)CN3)c1F. The molecule has 5 nitrogen and oxygen atoms in total. The number of rotatable bonds is 2. The Balaban J connectivity index is 1.52. The van der Waals surface area contributed by atoms with E-state index in [0.29, 0.717) is 24.1 Å². The van der Waals surface area contributed by atoms with E-state index in [2.05, 4.69) is 16.4 Å². The van der Waals surface area contributed by atoms with Gasteiger partial charge < -0.3 is 10.2 Å². The molecule has 2 aromatic rings. The number of hydrogen-bond donors (Lipinski definition) is 1. The highest BCUT2D eigenvalue weighted by Crippen LogP contribution is 2.54. The maximum atomic E-state index is 15.4. The molecule has 1 N–H and O–H groups in total. The average Bonchev–Trinajstić information content (AvgIpc) is 3.44. The number of fused-ring (bicyclic) bond motifs is 2. The van der Waals surface area contributed by atoms with Crippen LogP contribution in [0.15, 0.2) is 30.5 Å². The number of nitriles is 1. The number of likely N-dealkylation sites (tertiary alicyclic amines) is 1. The molecule has 0 bridgehead atoms. The number of piperidine rings is 1. The fraction of sp³-hybridized carbons (Fsp3) is 0.409. The van der Waals surface area contributed by atoms with Gasteiger partial charge in [0.2, 0.25) is 0 Å². The van der Waals surface area contributed by atoms with Gasteiger partial charge in [0, 0.05) is 41.4 Å². The molecule has 0 radical (unpaired) electrons. The predicted molar refractivity (Wildman–Crippen MR) is 103 cm³/mol. The summed E-state index contributed by atoms with van der Waals surface area (Å²) in [5.74, 6) is -0.0496. The summed E-state index contributed by atoms with van der Waals surface area (Å²) >= 11 is 0. The maximum absolute atomic E-state index is 15.4. The first-order chi connectivity index (χ1) is 13.6. The van der Waals surface area contributed by atoms with Crippen molar-refractivity contribution in [3.63, 3.8) is 0 Å². The van der Waals surface area contributed by atoms with Crippen molar-refractivity contribution in [2.24, 2.45) is 0 Å². The van der Waals surface area contributed by atoms with Crippen LogP contribution in [0.1, 0.15) is 48.0 Å². The van der Waals surface area contributed by atoms with Gasteiger partial charge in [-0.05, 0) is 44.2 Å². The van der Waals surface area contributed by atoms with Gasteiger partial charge in [-0.15, -0.1) is 0 Å². The quantitative estimate of drug-likeness (QED) is 0.864. The van der Waals surface area contributed by atoms with Crippen molar-refractivity contribution in [2.45, 2.75) is 43.6 Å². The van der Waals surface area contributed by atoms with E-state index in [1.807, 2.05) is 6.07 Å². The van der Waals surface area contributed by atoms with Crippen LogP contribution in [0.4, 0.5) is 10.2 Å². The van der Waals surface area contributed by atoms with Gasteiger partial charge in [-0.1, -0.05) is 12.1 Å². The number of anilines is 1. The molecule has 2 aliphatic heterocycles. The van der Waals surface area contributed by atoms with E-state index in [-0.39, 0.29) is 11.0 Å². The van der Waals surface area contributed by atoms with Crippen molar-refractivity contribution in [3.05, 3.63) is 47.4 Å². The molecule has 1 aromatic carbocycles. The van der Waals surface area contributed by atoms with Gasteiger partial charge in [0.15, 0.2) is 0 Å². The number of amides is 1. The molecule has 0 unspecified atom stereocenters. The molecule has 1 atom stereocenters. The number of aromatic nitrogens is 1. The zero-order valence-corrected chi connectivity index (χ0v) is 15.5. The molecule has 1 aliphatic carbocycles. The first-order valence-corrected chi connectivity index (χ1v) is 9.87. The third-order valence-electron chi connectivity index (χ3n) is 6.36. The third kappa shape index (κ3) is 2.57. The van der Waals surface area contributed by atoms with Crippen molar-refractivity contribution < 1.29 is 9.18 Å². The van der Waals surface area contributed by atoms with E-state index in [1.165, 1.54) is 11.0 Å². The zero-order chi connectivity index (χ0) is 19.3. The van der Waals surface area contributed by atoms with Crippen molar-refractivity contribution in [1.29, 1.82) is 5.26 Å². The third-order valence-corrected chi connectivity index (χ3v) is 6.36. The monoisotopic (exact) mass is 376 g/mol. The summed E-state index contributed by atoms with van der Waals surface area (Å²) in [6, 6.07) is 8.62. The van der Waals surface area contributed by atoms with Crippen molar-refractivity contribution >= 4 is 11.7 Å². The molecule has 1 aromatic heterocycles. The lowest BCUT2D eigenvalue weighted by Gasteiger charge is -2.31. The predicted octanol–water partition coefficient (Wildman–Crippen LogP) is 3.86. The Labute approximate surface area is 163 Å². The lowest BCUT2D eigenvalue weighted by Crippen LogP contribution is -2.43. The first kappa shape index (κ1) is 17.2. The van der Waals surface area contributed by atoms with Crippen LogP contribution in [0, 0.1) is 17.1 Å². The lowest BCUT2D eigenvalue weighted by molar-refractivity contribution is 0.0666. The van der Waals surface area contributed by atoms with Crippen LogP contribution in [-0.4, -0.2) is 34.9 Å². The Hall–Kier alpha value is -2.94. The molecule has 6 heteroatoms. The van der Waals surface area contributed by atoms with Gasteiger partial charge in [0.05, 0.1) is 11.6 Å². The first-order valence-electron chi connectivity index (χ1n) is 9.87. The van der Waals surface area contributed by atoms with Crippen LogP contribution >= 0.6 is 0 Å². The molecule has 3 aliphatic rings. The molecular formula is C22H21FN4O. The van der Waals surface area contributed by atoms with Crippen molar-refractivity contribution in [2.75, 3.05) is 18.4 Å². The fourth-order valence-corrected chi connectivity index (χ4v) is 4.49.